The molecule has 7 heteroatoms. The number of amides is 1. The van der Waals surface area contributed by atoms with Gasteiger partial charge in [0.25, 0.3) is 5.91 Å². The number of benzene rings is 1. The first kappa shape index (κ1) is 17.3. The molecule has 1 amide bonds. The second kappa shape index (κ2) is 8.04. The van der Waals surface area contributed by atoms with Crippen LogP contribution in [0.2, 0.25) is 0 Å². The van der Waals surface area contributed by atoms with Crippen LogP contribution >= 0.6 is 0 Å². The Morgan fingerprint density at radius 2 is 2.12 bits per heavy atom. The van der Waals surface area contributed by atoms with E-state index in [0.29, 0.717) is 30.5 Å². The SMILES string of the molecule is CN1CCOC[C@H](CNC(=O)c2ccc(-c3cnc(N)cn3)cc2)C1. The molecule has 132 valence electrons. The molecule has 1 aliphatic heterocycles. The quantitative estimate of drug-likeness (QED) is 0.863. The monoisotopic (exact) mass is 341 g/mol. The third-order valence-electron chi connectivity index (χ3n) is 4.21. The molecule has 2 heterocycles. The number of nitrogens with two attached hydrogens (primary N) is 1. The van der Waals surface area contributed by atoms with E-state index < -0.39 is 0 Å². The van der Waals surface area contributed by atoms with Gasteiger partial charge in [0.05, 0.1) is 31.3 Å². The van der Waals surface area contributed by atoms with Gasteiger partial charge in [-0.25, -0.2) is 4.98 Å². The van der Waals surface area contributed by atoms with Crippen LogP contribution in [0.25, 0.3) is 11.3 Å². The van der Waals surface area contributed by atoms with Crippen molar-refractivity contribution in [2.45, 2.75) is 0 Å². The van der Waals surface area contributed by atoms with Gasteiger partial charge in [0.1, 0.15) is 5.82 Å². The highest BCUT2D eigenvalue weighted by Gasteiger charge is 2.17. The number of hydrogen-bond acceptors (Lipinski definition) is 6. The Bertz CT molecular complexity index is 702. The van der Waals surface area contributed by atoms with Crippen molar-refractivity contribution < 1.29 is 9.53 Å². The molecule has 0 unspecified atom stereocenters. The van der Waals surface area contributed by atoms with Crippen molar-refractivity contribution in [1.29, 1.82) is 0 Å². The summed E-state index contributed by atoms with van der Waals surface area (Å²) >= 11 is 0. The number of aromatic nitrogens is 2. The minimum Gasteiger partial charge on any atom is -0.382 e. The van der Waals surface area contributed by atoms with Crippen LogP contribution in [0.3, 0.4) is 0 Å². The zero-order valence-electron chi connectivity index (χ0n) is 14.3. The molecule has 3 rings (SSSR count). The minimum absolute atomic E-state index is 0.0816. The van der Waals surface area contributed by atoms with Crippen LogP contribution in [-0.2, 0) is 4.74 Å². The van der Waals surface area contributed by atoms with Gasteiger partial charge in [-0.2, -0.15) is 0 Å². The van der Waals surface area contributed by atoms with Crippen LogP contribution in [0.15, 0.2) is 36.7 Å². The van der Waals surface area contributed by atoms with Crippen molar-refractivity contribution >= 4 is 11.7 Å². The molecule has 1 saturated heterocycles. The van der Waals surface area contributed by atoms with Gasteiger partial charge in [0.15, 0.2) is 0 Å². The Morgan fingerprint density at radius 3 is 2.84 bits per heavy atom. The van der Waals surface area contributed by atoms with Gasteiger partial charge in [0, 0.05) is 36.7 Å². The molecule has 1 aromatic carbocycles. The number of nitrogen functional groups attached to an aromatic ring is 1. The van der Waals surface area contributed by atoms with E-state index in [4.69, 9.17) is 10.5 Å². The van der Waals surface area contributed by atoms with E-state index in [1.54, 1.807) is 18.3 Å². The van der Waals surface area contributed by atoms with E-state index in [1.807, 2.05) is 12.1 Å². The van der Waals surface area contributed by atoms with Crippen molar-refractivity contribution in [1.82, 2.24) is 20.2 Å². The second-order valence-electron chi connectivity index (χ2n) is 6.32. The summed E-state index contributed by atoms with van der Waals surface area (Å²) in [7, 11) is 2.07. The molecule has 25 heavy (non-hydrogen) atoms. The number of carbonyl (C=O) groups excluding carboxylic acids is 1. The lowest BCUT2D eigenvalue weighted by atomic mass is 10.1. The summed E-state index contributed by atoms with van der Waals surface area (Å²) in [4.78, 5) is 22.8. The van der Waals surface area contributed by atoms with Gasteiger partial charge in [-0.1, -0.05) is 12.1 Å². The third kappa shape index (κ3) is 4.74. The topological polar surface area (TPSA) is 93.4 Å². The third-order valence-corrected chi connectivity index (χ3v) is 4.21. The Hall–Kier alpha value is -2.51. The van der Waals surface area contributed by atoms with Gasteiger partial charge >= 0.3 is 0 Å². The highest BCUT2D eigenvalue weighted by molar-refractivity contribution is 5.94. The van der Waals surface area contributed by atoms with Crippen LogP contribution in [0.1, 0.15) is 10.4 Å². The lowest BCUT2D eigenvalue weighted by Crippen LogP contribution is -2.35. The Kier molecular flexibility index (Phi) is 5.57. The summed E-state index contributed by atoms with van der Waals surface area (Å²) < 4.78 is 5.57. The molecule has 0 radical (unpaired) electrons. The van der Waals surface area contributed by atoms with Gasteiger partial charge in [-0.05, 0) is 19.2 Å². The highest BCUT2D eigenvalue weighted by atomic mass is 16.5. The Balaban J connectivity index is 1.58. The predicted molar refractivity (Wildman–Crippen MR) is 96.0 cm³/mol. The molecule has 1 aromatic heterocycles. The standard InChI is InChI=1S/C18H23N5O2/c1-23-6-7-25-12-13(11-23)8-22-18(24)15-4-2-14(3-5-15)16-9-21-17(19)10-20-16/h2-5,9-10,13H,6-8,11-12H2,1H3,(H2,19,21)(H,22,24)/t13-/m1/s1. The van der Waals surface area contributed by atoms with Crippen LogP contribution in [-0.4, -0.2) is 60.7 Å². The highest BCUT2D eigenvalue weighted by Crippen LogP contribution is 2.17. The van der Waals surface area contributed by atoms with Crippen molar-refractivity contribution in [2.24, 2.45) is 5.92 Å². The fraction of sp³-hybridized carbons (Fsp3) is 0.389. The number of anilines is 1. The van der Waals surface area contributed by atoms with E-state index in [9.17, 15) is 4.79 Å². The lowest BCUT2D eigenvalue weighted by molar-refractivity contribution is 0.0921. The molecular formula is C18H23N5O2. The van der Waals surface area contributed by atoms with Crippen LogP contribution < -0.4 is 11.1 Å². The number of nitrogens with zero attached hydrogens (tertiary/aromatic N) is 3. The first-order chi connectivity index (χ1) is 12.1. The zero-order chi connectivity index (χ0) is 17.6. The second-order valence-corrected chi connectivity index (χ2v) is 6.32. The molecule has 3 N–H and O–H groups in total. The first-order valence-electron chi connectivity index (χ1n) is 8.34. The van der Waals surface area contributed by atoms with E-state index in [0.717, 1.165) is 31.0 Å². The molecule has 1 fully saturated rings. The van der Waals surface area contributed by atoms with Crippen molar-refractivity contribution in [3.8, 4) is 11.3 Å². The van der Waals surface area contributed by atoms with E-state index in [-0.39, 0.29) is 5.91 Å². The number of ether oxygens (including phenoxy) is 1. The van der Waals surface area contributed by atoms with E-state index in [1.165, 1.54) is 6.20 Å². The fourth-order valence-corrected chi connectivity index (χ4v) is 2.80. The molecule has 2 aromatic rings. The fourth-order valence-electron chi connectivity index (χ4n) is 2.80. The number of nitrogens with one attached hydrogen (secondary N) is 1. The van der Waals surface area contributed by atoms with Crippen LogP contribution in [0, 0.1) is 5.92 Å². The summed E-state index contributed by atoms with van der Waals surface area (Å²) in [5, 5.41) is 2.99. The molecule has 0 aliphatic carbocycles. The molecule has 0 saturated carbocycles. The van der Waals surface area contributed by atoms with Gasteiger partial charge in [0.2, 0.25) is 0 Å². The lowest BCUT2D eigenvalue weighted by Gasteiger charge is -2.19. The largest absolute Gasteiger partial charge is 0.382 e. The minimum atomic E-state index is -0.0816. The summed E-state index contributed by atoms with van der Waals surface area (Å²) in [6.07, 6.45) is 3.13. The maximum Gasteiger partial charge on any atom is 0.251 e. The van der Waals surface area contributed by atoms with Gasteiger partial charge in [-0.15, -0.1) is 0 Å². The molecular weight excluding hydrogens is 318 g/mol. The number of likely N-dealkylation sites (N-methyl/N-ethyl adjacent to an activating group) is 1. The first-order valence-corrected chi connectivity index (χ1v) is 8.34. The smallest absolute Gasteiger partial charge is 0.251 e. The molecule has 7 nitrogen and oxygen atoms in total. The van der Waals surface area contributed by atoms with Crippen molar-refractivity contribution in [3.05, 3.63) is 42.2 Å². The van der Waals surface area contributed by atoms with Crippen LogP contribution in [0.5, 0.6) is 0 Å². The van der Waals surface area contributed by atoms with Crippen molar-refractivity contribution in [2.75, 3.05) is 45.6 Å². The van der Waals surface area contributed by atoms with Crippen LogP contribution in [0.4, 0.5) is 5.82 Å². The van der Waals surface area contributed by atoms with E-state index >= 15 is 0 Å². The maximum absolute atomic E-state index is 12.3. The number of carbonyl (C=O) groups is 1. The molecule has 0 spiro atoms. The molecule has 1 atom stereocenters. The number of hydrogen-bond donors (Lipinski definition) is 2. The maximum atomic E-state index is 12.3. The Labute approximate surface area is 147 Å². The molecule has 0 bridgehead atoms. The van der Waals surface area contributed by atoms with E-state index in [2.05, 4.69) is 27.2 Å². The van der Waals surface area contributed by atoms with Gasteiger partial charge in [-0.3, -0.25) is 9.78 Å². The number of rotatable bonds is 4. The summed E-state index contributed by atoms with van der Waals surface area (Å²) in [6.45, 7) is 3.89. The predicted octanol–water partition coefficient (Wildman–Crippen LogP) is 1.03. The summed E-state index contributed by atoms with van der Waals surface area (Å²) in [6, 6.07) is 7.30. The summed E-state index contributed by atoms with van der Waals surface area (Å²) in [5.41, 5.74) is 7.78. The average Bonchev–Trinajstić information content (AvgIpc) is 2.84. The normalized spacial score (nSPS) is 18.5. The van der Waals surface area contributed by atoms with Gasteiger partial charge < -0.3 is 20.7 Å². The van der Waals surface area contributed by atoms with Crippen molar-refractivity contribution in [3.63, 3.8) is 0 Å². The zero-order valence-corrected chi connectivity index (χ0v) is 14.3. The molecule has 1 aliphatic rings. The average molecular weight is 341 g/mol. The Morgan fingerprint density at radius 1 is 1.32 bits per heavy atom. The summed E-state index contributed by atoms with van der Waals surface area (Å²) in [5.74, 6) is 0.607.